The summed E-state index contributed by atoms with van der Waals surface area (Å²) < 4.78 is 0. The Kier molecular flexibility index (Phi) is 5.94. The summed E-state index contributed by atoms with van der Waals surface area (Å²) in [4.78, 5) is 35.6. The highest BCUT2D eigenvalue weighted by Gasteiger charge is 2.28. The van der Waals surface area contributed by atoms with Gasteiger partial charge in [0.05, 0.1) is 12.5 Å². The van der Waals surface area contributed by atoms with Gasteiger partial charge in [0.2, 0.25) is 11.8 Å². The number of carbonyl (C=O) groups is 3. The molecule has 1 unspecified atom stereocenters. The number of piperidine rings is 1. The van der Waals surface area contributed by atoms with Crippen LogP contribution in [0.3, 0.4) is 0 Å². The Labute approximate surface area is 118 Å². The first-order valence-electron chi connectivity index (χ1n) is 6.87. The molecule has 1 heterocycles. The van der Waals surface area contributed by atoms with Gasteiger partial charge in [0.1, 0.15) is 0 Å². The lowest BCUT2D eigenvalue weighted by atomic mass is 10.0. The van der Waals surface area contributed by atoms with Crippen molar-refractivity contribution in [2.75, 3.05) is 13.1 Å². The highest BCUT2D eigenvalue weighted by Crippen LogP contribution is 2.12. The summed E-state index contributed by atoms with van der Waals surface area (Å²) >= 11 is 0. The Bertz CT molecular complexity index is 376. The summed E-state index contributed by atoms with van der Waals surface area (Å²) in [6, 6.07) is -0.918. The molecule has 20 heavy (non-hydrogen) atoms. The van der Waals surface area contributed by atoms with Crippen LogP contribution >= 0.6 is 0 Å². The zero-order chi connectivity index (χ0) is 15.3. The maximum absolute atomic E-state index is 11.9. The number of nitrogens with one attached hydrogen (secondary N) is 1. The molecule has 0 saturated carbocycles. The van der Waals surface area contributed by atoms with Gasteiger partial charge in [-0.1, -0.05) is 13.8 Å². The number of nitrogens with zero attached hydrogens (tertiary/aromatic N) is 1. The van der Waals surface area contributed by atoms with E-state index < -0.39 is 12.0 Å². The normalized spacial score (nSPS) is 17.9. The van der Waals surface area contributed by atoms with Crippen LogP contribution in [0.2, 0.25) is 0 Å². The molecule has 0 bridgehead atoms. The molecule has 1 atom stereocenters. The molecule has 1 fully saturated rings. The molecule has 1 saturated heterocycles. The van der Waals surface area contributed by atoms with Crippen molar-refractivity contribution in [1.82, 2.24) is 10.2 Å². The maximum Gasteiger partial charge on any atom is 0.305 e. The minimum absolute atomic E-state index is 0.0114. The lowest BCUT2D eigenvalue weighted by Crippen LogP contribution is -2.51. The fourth-order valence-electron chi connectivity index (χ4n) is 2.12. The molecule has 0 aromatic heterocycles. The van der Waals surface area contributed by atoms with Gasteiger partial charge in [-0.25, -0.2) is 0 Å². The first kappa shape index (κ1) is 16.4. The van der Waals surface area contributed by atoms with Crippen LogP contribution in [0, 0.1) is 5.92 Å². The quantitative estimate of drug-likeness (QED) is 0.633. The molecule has 1 rings (SSSR count). The SMILES string of the molecule is CC(C)C(=O)NC1CCN(C(=O)C(N)CC(=O)O)CC1. The molecule has 7 heteroatoms. The summed E-state index contributed by atoms with van der Waals surface area (Å²) in [6.45, 7) is 4.65. The predicted molar refractivity (Wildman–Crippen MR) is 72.8 cm³/mol. The van der Waals surface area contributed by atoms with Gasteiger partial charge in [-0.05, 0) is 12.8 Å². The monoisotopic (exact) mass is 285 g/mol. The van der Waals surface area contributed by atoms with Crippen LogP contribution < -0.4 is 11.1 Å². The van der Waals surface area contributed by atoms with Gasteiger partial charge in [0, 0.05) is 25.0 Å². The standard InChI is InChI=1S/C13H23N3O4/c1-8(2)12(19)15-9-3-5-16(6-4-9)13(20)10(14)7-11(17)18/h8-10H,3-7,14H2,1-2H3,(H,15,19)(H,17,18). The number of carboxylic acid groups (broad SMARTS) is 1. The van der Waals surface area contributed by atoms with Gasteiger partial charge in [0.15, 0.2) is 0 Å². The fraction of sp³-hybridized carbons (Fsp3) is 0.769. The Morgan fingerprint density at radius 3 is 2.30 bits per heavy atom. The highest BCUT2D eigenvalue weighted by molar-refractivity contribution is 5.86. The lowest BCUT2D eigenvalue weighted by Gasteiger charge is -2.33. The van der Waals surface area contributed by atoms with Crippen LogP contribution in [0.15, 0.2) is 0 Å². The molecule has 0 aromatic rings. The molecule has 1 aliphatic heterocycles. The first-order chi connectivity index (χ1) is 9.31. The summed E-state index contributed by atoms with van der Waals surface area (Å²) in [5.74, 6) is -1.46. The molecule has 4 N–H and O–H groups in total. The second-order valence-electron chi connectivity index (χ2n) is 5.47. The maximum atomic E-state index is 11.9. The molecular formula is C13H23N3O4. The van der Waals surface area contributed by atoms with Crippen LogP contribution in [-0.2, 0) is 14.4 Å². The molecule has 0 spiro atoms. The molecule has 2 amide bonds. The van der Waals surface area contributed by atoms with E-state index in [9.17, 15) is 14.4 Å². The third kappa shape index (κ3) is 4.80. The largest absolute Gasteiger partial charge is 0.481 e. The van der Waals surface area contributed by atoms with E-state index in [1.807, 2.05) is 13.8 Å². The zero-order valence-corrected chi connectivity index (χ0v) is 12.0. The number of hydrogen-bond donors (Lipinski definition) is 3. The summed E-state index contributed by atoms with van der Waals surface area (Å²) in [6.07, 6.45) is 0.983. The number of carboxylic acids is 1. The van der Waals surface area contributed by atoms with Gasteiger partial charge in [-0.3, -0.25) is 14.4 Å². The van der Waals surface area contributed by atoms with E-state index in [0.717, 1.165) is 0 Å². The average Bonchev–Trinajstić information content (AvgIpc) is 2.37. The van der Waals surface area contributed by atoms with Crippen molar-refractivity contribution < 1.29 is 19.5 Å². The van der Waals surface area contributed by atoms with E-state index in [2.05, 4.69) is 5.32 Å². The minimum Gasteiger partial charge on any atom is -0.481 e. The molecule has 0 aromatic carbocycles. The smallest absolute Gasteiger partial charge is 0.305 e. The molecular weight excluding hydrogens is 262 g/mol. The van der Waals surface area contributed by atoms with E-state index in [1.54, 1.807) is 4.90 Å². The van der Waals surface area contributed by atoms with Gasteiger partial charge >= 0.3 is 5.97 Å². The Morgan fingerprint density at radius 2 is 1.85 bits per heavy atom. The lowest BCUT2D eigenvalue weighted by molar-refractivity contribution is -0.142. The number of rotatable bonds is 5. The first-order valence-corrected chi connectivity index (χ1v) is 6.87. The molecule has 1 aliphatic rings. The average molecular weight is 285 g/mol. The van der Waals surface area contributed by atoms with E-state index >= 15 is 0 Å². The second-order valence-corrected chi connectivity index (χ2v) is 5.47. The molecule has 114 valence electrons. The fourth-order valence-corrected chi connectivity index (χ4v) is 2.12. The van der Waals surface area contributed by atoms with Gasteiger partial charge in [-0.2, -0.15) is 0 Å². The van der Waals surface area contributed by atoms with Crippen molar-refractivity contribution in [2.24, 2.45) is 11.7 Å². The third-order valence-corrected chi connectivity index (χ3v) is 3.39. The van der Waals surface area contributed by atoms with Crippen molar-refractivity contribution in [3.8, 4) is 0 Å². The number of nitrogens with two attached hydrogens (primary N) is 1. The number of likely N-dealkylation sites (tertiary alicyclic amines) is 1. The summed E-state index contributed by atoms with van der Waals surface area (Å²) in [5.41, 5.74) is 5.56. The van der Waals surface area contributed by atoms with Crippen LogP contribution in [0.1, 0.15) is 33.1 Å². The van der Waals surface area contributed by atoms with Crippen molar-refractivity contribution in [2.45, 2.75) is 45.2 Å². The molecule has 0 radical (unpaired) electrons. The number of carbonyl (C=O) groups excluding carboxylic acids is 2. The van der Waals surface area contributed by atoms with Crippen LogP contribution in [-0.4, -0.2) is 53.0 Å². The van der Waals surface area contributed by atoms with Crippen LogP contribution in [0.4, 0.5) is 0 Å². The van der Waals surface area contributed by atoms with E-state index in [0.29, 0.717) is 25.9 Å². The van der Waals surface area contributed by atoms with Crippen molar-refractivity contribution in [1.29, 1.82) is 0 Å². The van der Waals surface area contributed by atoms with E-state index in [-0.39, 0.29) is 30.2 Å². The third-order valence-electron chi connectivity index (χ3n) is 3.39. The number of hydrogen-bond acceptors (Lipinski definition) is 4. The van der Waals surface area contributed by atoms with E-state index in [1.165, 1.54) is 0 Å². The van der Waals surface area contributed by atoms with Crippen LogP contribution in [0.25, 0.3) is 0 Å². The summed E-state index contributed by atoms with van der Waals surface area (Å²) in [7, 11) is 0. The van der Waals surface area contributed by atoms with Crippen molar-refractivity contribution in [3.63, 3.8) is 0 Å². The van der Waals surface area contributed by atoms with Crippen LogP contribution in [0.5, 0.6) is 0 Å². The highest BCUT2D eigenvalue weighted by atomic mass is 16.4. The number of amides is 2. The minimum atomic E-state index is -1.08. The number of aliphatic carboxylic acids is 1. The topological polar surface area (TPSA) is 113 Å². The Hall–Kier alpha value is -1.63. The Balaban J connectivity index is 2.40. The molecule has 0 aliphatic carbocycles. The van der Waals surface area contributed by atoms with Gasteiger partial charge in [-0.15, -0.1) is 0 Å². The van der Waals surface area contributed by atoms with E-state index in [4.69, 9.17) is 10.8 Å². The van der Waals surface area contributed by atoms with Crippen molar-refractivity contribution in [3.05, 3.63) is 0 Å². The second kappa shape index (κ2) is 7.23. The Morgan fingerprint density at radius 1 is 1.30 bits per heavy atom. The zero-order valence-electron chi connectivity index (χ0n) is 12.0. The van der Waals surface area contributed by atoms with Crippen molar-refractivity contribution >= 4 is 17.8 Å². The predicted octanol–water partition coefficient (Wildman–Crippen LogP) is -0.448. The molecule has 7 nitrogen and oxygen atoms in total. The summed E-state index contributed by atoms with van der Waals surface area (Å²) in [5, 5.41) is 11.6. The van der Waals surface area contributed by atoms with Gasteiger partial charge < -0.3 is 21.1 Å². The van der Waals surface area contributed by atoms with Gasteiger partial charge in [0.25, 0.3) is 0 Å².